The van der Waals surface area contributed by atoms with Gasteiger partial charge in [0, 0.05) is 6.42 Å². The van der Waals surface area contributed by atoms with E-state index < -0.39 is 5.97 Å². The summed E-state index contributed by atoms with van der Waals surface area (Å²) in [4.78, 5) is 10.8. The van der Waals surface area contributed by atoms with Crippen LogP contribution in [-0.2, 0) is 12.2 Å². The van der Waals surface area contributed by atoms with Crippen molar-refractivity contribution in [3.63, 3.8) is 0 Å². The van der Waals surface area contributed by atoms with E-state index in [1.54, 1.807) is 6.07 Å². The molecule has 1 aromatic carbocycles. The smallest absolute Gasteiger partial charge is 0.371 e. The highest BCUT2D eigenvalue weighted by atomic mass is 32.2. The second-order valence-electron chi connectivity index (χ2n) is 4.79. The van der Waals surface area contributed by atoms with Gasteiger partial charge in [-0.05, 0) is 17.7 Å². The zero-order valence-corrected chi connectivity index (χ0v) is 12.9. The van der Waals surface area contributed by atoms with Crippen LogP contribution in [0.15, 0.2) is 52.0 Å². The van der Waals surface area contributed by atoms with Gasteiger partial charge in [-0.15, -0.1) is 10.2 Å². The Morgan fingerprint density at radius 3 is 2.70 bits per heavy atom. The zero-order valence-electron chi connectivity index (χ0n) is 12.0. The number of carboxylic acids is 1. The normalized spacial score (nSPS) is 10.8. The van der Waals surface area contributed by atoms with E-state index in [0.29, 0.717) is 28.9 Å². The second kappa shape index (κ2) is 6.57. The Labute approximate surface area is 136 Å². The fourth-order valence-corrected chi connectivity index (χ4v) is 2.78. The summed E-state index contributed by atoms with van der Waals surface area (Å²) in [5.41, 5.74) is 1.10. The summed E-state index contributed by atoms with van der Waals surface area (Å²) < 4.78 is 6.63. The number of carboxylic acid groups (broad SMARTS) is 1. The molecule has 0 aliphatic rings. The molecule has 0 aliphatic carbocycles. The molecule has 8 heteroatoms. The predicted octanol–water partition coefficient (Wildman–Crippen LogP) is 2.17. The van der Waals surface area contributed by atoms with Gasteiger partial charge >= 0.3 is 5.97 Å². The topological polar surface area (TPSA) is 107 Å². The molecule has 3 N–H and O–H groups in total. The van der Waals surface area contributed by atoms with Gasteiger partial charge < -0.3 is 15.4 Å². The number of carbonyl (C=O) groups is 1. The minimum Gasteiger partial charge on any atom is -0.475 e. The van der Waals surface area contributed by atoms with Crippen molar-refractivity contribution < 1.29 is 14.3 Å². The quantitative estimate of drug-likeness (QED) is 0.527. The number of hydrogen-bond donors (Lipinski definition) is 2. The summed E-state index contributed by atoms with van der Waals surface area (Å²) in [6.07, 6.45) is 0.592. The van der Waals surface area contributed by atoms with Gasteiger partial charge in [-0.1, -0.05) is 42.1 Å². The molecule has 0 unspecified atom stereocenters. The van der Waals surface area contributed by atoms with Crippen LogP contribution >= 0.6 is 11.8 Å². The molecule has 0 fully saturated rings. The number of nitrogen functional groups attached to an aromatic ring is 1. The molecule has 2 heterocycles. The molecule has 0 amide bonds. The summed E-state index contributed by atoms with van der Waals surface area (Å²) in [5.74, 6) is 6.46. The first-order valence-electron chi connectivity index (χ1n) is 6.81. The van der Waals surface area contributed by atoms with Crippen LogP contribution in [0.3, 0.4) is 0 Å². The van der Waals surface area contributed by atoms with Gasteiger partial charge in [-0.25, -0.2) is 9.47 Å². The number of hydrogen-bond acceptors (Lipinski definition) is 6. The van der Waals surface area contributed by atoms with Gasteiger partial charge in [0.2, 0.25) is 10.9 Å². The van der Waals surface area contributed by atoms with Crippen molar-refractivity contribution in [3.8, 4) is 0 Å². The van der Waals surface area contributed by atoms with Crippen LogP contribution in [-0.4, -0.2) is 25.9 Å². The average Bonchev–Trinajstić information content (AvgIpc) is 3.15. The number of rotatable bonds is 6. The van der Waals surface area contributed by atoms with Crippen LogP contribution in [0.1, 0.15) is 27.7 Å². The van der Waals surface area contributed by atoms with E-state index >= 15 is 0 Å². The standard InChI is InChI=1S/C15H14N4O3S/c16-19-13(8-10-4-2-1-3-5-10)17-18-15(19)23-9-11-6-7-12(22-11)14(20)21/h1-7H,8-9,16H2,(H,20,21). The maximum atomic E-state index is 10.8. The maximum absolute atomic E-state index is 10.8. The number of thioether (sulfide) groups is 1. The molecular formula is C15H14N4O3S. The first-order chi connectivity index (χ1) is 11.1. The Morgan fingerprint density at radius 1 is 1.22 bits per heavy atom. The third-order valence-corrected chi connectivity index (χ3v) is 4.12. The van der Waals surface area contributed by atoms with Gasteiger partial charge in [0.05, 0.1) is 5.75 Å². The van der Waals surface area contributed by atoms with Crippen molar-refractivity contribution in [3.05, 3.63) is 65.4 Å². The van der Waals surface area contributed by atoms with E-state index in [1.165, 1.54) is 22.5 Å². The van der Waals surface area contributed by atoms with Crippen molar-refractivity contribution in [1.82, 2.24) is 14.9 Å². The summed E-state index contributed by atoms with van der Waals surface area (Å²) in [5, 5.41) is 17.5. The zero-order chi connectivity index (χ0) is 16.2. The molecule has 2 aromatic heterocycles. The van der Waals surface area contributed by atoms with Gasteiger partial charge in [-0.2, -0.15) is 0 Å². The molecule has 0 atom stereocenters. The molecule has 23 heavy (non-hydrogen) atoms. The highest BCUT2D eigenvalue weighted by molar-refractivity contribution is 7.98. The molecule has 0 saturated heterocycles. The Balaban J connectivity index is 1.66. The van der Waals surface area contributed by atoms with E-state index in [-0.39, 0.29) is 5.76 Å². The lowest BCUT2D eigenvalue weighted by atomic mass is 10.1. The lowest BCUT2D eigenvalue weighted by Gasteiger charge is -2.03. The number of aromatic carboxylic acids is 1. The Hall–Kier alpha value is -2.74. The molecule has 3 rings (SSSR count). The molecule has 0 saturated carbocycles. The van der Waals surface area contributed by atoms with Gasteiger partial charge in [0.1, 0.15) is 5.76 Å². The molecule has 118 valence electrons. The van der Waals surface area contributed by atoms with E-state index in [1.807, 2.05) is 30.3 Å². The fraction of sp³-hybridized carbons (Fsp3) is 0.133. The first kappa shape index (κ1) is 15.2. The van der Waals surface area contributed by atoms with Crippen molar-refractivity contribution in [1.29, 1.82) is 0 Å². The average molecular weight is 330 g/mol. The van der Waals surface area contributed by atoms with Crippen LogP contribution in [0.25, 0.3) is 0 Å². The fourth-order valence-electron chi connectivity index (χ4n) is 2.01. The highest BCUT2D eigenvalue weighted by Crippen LogP contribution is 2.22. The van der Waals surface area contributed by atoms with Crippen molar-refractivity contribution in [2.75, 3.05) is 5.84 Å². The highest BCUT2D eigenvalue weighted by Gasteiger charge is 2.13. The predicted molar refractivity (Wildman–Crippen MR) is 84.6 cm³/mol. The summed E-state index contributed by atoms with van der Waals surface area (Å²) in [6, 6.07) is 12.9. The van der Waals surface area contributed by atoms with E-state index in [9.17, 15) is 4.79 Å². The molecule has 3 aromatic rings. The number of aromatic nitrogens is 3. The van der Waals surface area contributed by atoms with Gasteiger partial charge in [0.15, 0.2) is 5.82 Å². The second-order valence-corrected chi connectivity index (χ2v) is 5.73. The van der Waals surface area contributed by atoms with Crippen molar-refractivity contribution in [2.45, 2.75) is 17.3 Å². The molecule has 0 aliphatic heterocycles. The number of nitrogens with zero attached hydrogens (tertiary/aromatic N) is 3. The van der Waals surface area contributed by atoms with Crippen LogP contribution < -0.4 is 5.84 Å². The number of furan rings is 1. The molecular weight excluding hydrogens is 316 g/mol. The van der Waals surface area contributed by atoms with Crippen molar-refractivity contribution in [2.24, 2.45) is 0 Å². The van der Waals surface area contributed by atoms with Crippen LogP contribution in [0.2, 0.25) is 0 Å². The Bertz CT molecular complexity index is 813. The summed E-state index contributed by atoms with van der Waals surface area (Å²) >= 11 is 1.33. The Kier molecular flexibility index (Phi) is 4.33. The number of nitrogens with two attached hydrogens (primary N) is 1. The third kappa shape index (κ3) is 3.54. The minimum atomic E-state index is -1.09. The van der Waals surface area contributed by atoms with Gasteiger partial charge in [0.25, 0.3) is 0 Å². The summed E-state index contributed by atoms with van der Waals surface area (Å²) in [6.45, 7) is 0. The van der Waals surface area contributed by atoms with Crippen molar-refractivity contribution >= 4 is 17.7 Å². The summed E-state index contributed by atoms with van der Waals surface area (Å²) in [7, 11) is 0. The number of benzene rings is 1. The largest absolute Gasteiger partial charge is 0.475 e. The third-order valence-electron chi connectivity index (χ3n) is 3.16. The monoisotopic (exact) mass is 330 g/mol. The van der Waals surface area contributed by atoms with Crippen LogP contribution in [0.4, 0.5) is 0 Å². The SMILES string of the molecule is Nn1c(Cc2ccccc2)nnc1SCc1ccc(C(=O)O)o1. The van der Waals surface area contributed by atoms with Gasteiger partial charge in [-0.3, -0.25) is 0 Å². The first-order valence-corrected chi connectivity index (χ1v) is 7.80. The molecule has 0 spiro atoms. The molecule has 7 nitrogen and oxygen atoms in total. The lowest BCUT2D eigenvalue weighted by molar-refractivity contribution is 0.0661. The van der Waals surface area contributed by atoms with Crippen LogP contribution in [0, 0.1) is 0 Å². The van der Waals surface area contributed by atoms with E-state index in [2.05, 4.69) is 10.2 Å². The molecule has 0 bridgehead atoms. The minimum absolute atomic E-state index is 0.0837. The van der Waals surface area contributed by atoms with Crippen LogP contribution in [0.5, 0.6) is 0 Å². The van der Waals surface area contributed by atoms with E-state index in [0.717, 1.165) is 5.56 Å². The Morgan fingerprint density at radius 2 is 2.00 bits per heavy atom. The molecule has 0 radical (unpaired) electrons. The maximum Gasteiger partial charge on any atom is 0.371 e. The van der Waals surface area contributed by atoms with E-state index in [4.69, 9.17) is 15.4 Å². The lowest BCUT2D eigenvalue weighted by Crippen LogP contribution is -2.14.